The molecule has 4 aliphatic rings. The Labute approximate surface area is 582 Å². The van der Waals surface area contributed by atoms with E-state index in [9.17, 15) is 0 Å². The van der Waals surface area contributed by atoms with Crippen LogP contribution in [-0.4, -0.2) is 15.8 Å². The number of rotatable bonds is 7. The van der Waals surface area contributed by atoms with E-state index < -0.39 is 0 Å². The van der Waals surface area contributed by atoms with Gasteiger partial charge in [0.1, 0.15) is 0 Å². The Balaban J connectivity index is 1.19. The summed E-state index contributed by atoms with van der Waals surface area (Å²) in [6.07, 6.45) is 13.0. The molecule has 0 saturated carbocycles. The van der Waals surface area contributed by atoms with Crippen molar-refractivity contribution < 1.29 is 0 Å². The van der Waals surface area contributed by atoms with Gasteiger partial charge in [0, 0.05) is 78.1 Å². The predicted molar refractivity (Wildman–Crippen MR) is 424 cm³/mol. The molecule has 0 amide bonds. The number of hydrogen-bond acceptors (Lipinski definition) is 2. The Kier molecular flexibility index (Phi) is 15.2. The molecule has 0 N–H and O–H groups in total. The van der Waals surface area contributed by atoms with E-state index in [4.69, 9.17) is 0 Å². The fourth-order valence-corrected chi connectivity index (χ4v) is 16.2. The highest BCUT2D eigenvalue weighted by molar-refractivity contribution is 7.00. The van der Waals surface area contributed by atoms with Crippen LogP contribution in [0, 0.1) is 16.7 Å². The maximum Gasteiger partial charge on any atom is 0.252 e. The normalized spacial score (nSPS) is 15.9. The molecule has 0 radical (unpaired) electrons. The summed E-state index contributed by atoms with van der Waals surface area (Å²) in [5.74, 6) is 0.396. The first kappa shape index (κ1) is 66.2. The summed E-state index contributed by atoms with van der Waals surface area (Å²) >= 11 is 0. The SMILES string of the molecule is CC(C)(C)C1=Cc2c(n3c4c(cc(C(C)(C)C)cc24)B2c4c-3cc(-c3c(N(C5=CCC(C(C)(C)C)C=C5)c5ccc(C(C)(C)C)cc5)cccc3N(c3ccc(C(C)(C)C)cc3)c3ccc(C(C)(C)C)cc3)cc4-n3c4ccc(C(C)(C)C)cc4c4cc(C(C)(C)C)cc2c43)CC1. The average molecular weight is 1280 g/mol. The van der Waals surface area contributed by atoms with Crippen LogP contribution in [0.15, 0.2) is 175 Å². The first-order valence-corrected chi connectivity index (χ1v) is 36.3. The van der Waals surface area contributed by atoms with Crippen LogP contribution in [0.4, 0.5) is 28.4 Å². The van der Waals surface area contributed by atoms with Crippen molar-refractivity contribution in [1.29, 1.82) is 0 Å². The molecule has 4 heterocycles. The lowest BCUT2D eigenvalue weighted by Crippen LogP contribution is -2.60. The van der Waals surface area contributed by atoms with Gasteiger partial charge < -0.3 is 18.9 Å². The Bertz CT molecular complexity index is 4870. The molecule has 2 aliphatic heterocycles. The number of allylic oxidation sites excluding steroid dienone is 4. The van der Waals surface area contributed by atoms with Crippen LogP contribution >= 0.6 is 0 Å². The number of aromatic nitrogens is 2. The lowest BCUT2D eigenvalue weighted by Gasteiger charge is -2.38. The monoisotopic (exact) mass is 1280 g/mol. The number of nitrogens with zero attached hydrogens (tertiary/aromatic N) is 4. The van der Waals surface area contributed by atoms with Crippen LogP contribution in [0.2, 0.25) is 0 Å². The molecular formula is C92H107BN4. The quantitative estimate of drug-likeness (QED) is 0.148. The Hall–Kier alpha value is -8.02. The summed E-state index contributed by atoms with van der Waals surface area (Å²) in [5, 5.41) is 4.03. The van der Waals surface area contributed by atoms with E-state index in [2.05, 4.69) is 355 Å². The highest BCUT2D eigenvalue weighted by Gasteiger charge is 2.45. The summed E-state index contributed by atoms with van der Waals surface area (Å²) < 4.78 is 5.54. The topological polar surface area (TPSA) is 16.3 Å². The summed E-state index contributed by atoms with van der Waals surface area (Å²) in [4.78, 5) is 5.18. The van der Waals surface area contributed by atoms with Crippen molar-refractivity contribution in [2.45, 2.75) is 218 Å². The van der Waals surface area contributed by atoms with Crippen molar-refractivity contribution in [1.82, 2.24) is 9.13 Å². The van der Waals surface area contributed by atoms with E-state index in [0.717, 1.165) is 47.7 Å². The Morgan fingerprint density at radius 1 is 0.412 bits per heavy atom. The van der Waals surface area contributed by atoms with Gasteiger partial charge >= 0.3 is 0 Å². The summed E-state index contributed by atoms with van der Waals surface area (Å²) in [7, 11) is 0. The van der Waals surface area contributed by atoms with Crippen LogP contribution in [0.5, 0.6) is 0 Å². The second kappa shape index (κ2) is 22.2. The molecule has 1 unspecified atom stereocenters. The molecule has 0 saturated heterocycles. The van der Waals surface area contributed by atoms with Gasteiger partial charge in [-0.2, -0.15) is 0 Å². The molecule has 10 aromatic rings. The van der Waals surface area contributed by atoms with Crippen molar-refractivity contribution in [2.75, 3.05) is 9.80 Å². The van der Waals surface area contributed by atoms with Gasteiger partial charge in [0.25, 0.3) is 6.71 Å². The van der Waals surface area contributed by atoms with Crippen LogP contribution in [-0.2, 0) is 38.9 Å². The lowest BCUT2D eigenvalue weighted by molar-refractivity contribution is 0.293. The molecule has 4 nitrogen and oxygen atoms in total. The van der Waals surface area contributed by atoms with E-state index in [-0.39, 0.29) is 50.0 Å². The third-order valence-electron chi connectivity index (χ3n) is 22.4. The molecule has 498 valence electrons. The summed E-state index contributed by atoms with van der Waals surface area (Å²) in [5.41, 5.74) is 31.9. The third-order valence-corrected chi connectivity index (χ3v) is 22.4. The lowest BCUT2D eigenvalue weighted by atomic mass is 9.33. The van der Waals surface area contributed by atoms with Gasteiger partial charge in [0.2, 0.25) is 0 Å². The van der Waals surface area contributed by atoms with Crippen molar-refractivity contribution in [3.63, 3.8) is 0 Å². The van der Waals surface area contributed by atoms with Crippen molar-refractivity contribution in [2.24, 2.45) is 16.7 Å². The van der Waals surface area contributed by atoms with E-state index >= 15 is 0 Å². The van der Waals surface area contributed by atoms with Crippen molar-refractivity contribution in [3.8, 4) is 22.5 Å². The first-order valence-electron chi connectivity index (χ1n) is 36.3. The highest BCUT2D eigenvalue weighted by Crippen LogP contribution is 2.53. The van der Waals surface area contributed by atoms with Gasteiger partial charge in [-0.15, -0.1) is 0 Å². The minimum absolute atomic E-state index is 0.0261. The maximum absolute atomic E-state index is 2.80. The van der Waals surface area contributed by atoms with Crippen molar-refractivity contribution in [3.05, 3.63) is 220 Å². The minimum Gasteiger partial charge on any atom is -0.314 e. The van der Waals surface area contributed by atoms with Crippen LogP contribution in [0.3, 0.4) is 0 Å². The molecule has 8 aromatic carbocycles. The van der Waals surface area contributed by atoms with Crippen molar-refractivity contribution >= 4 is 90.3 Å². The van der Waals surface area contributed by atoms with Gasteiger partial charge in [-0.25, -0.2) is 0 Å². The number of fused-ring (bicyclic) bond motifs is 10. The molecule has 0 spiro atoms. The number of benzene rings is 8. The molecular weight excluding hydrogens is 1170 g/mol. The van der Waals surface area contributed by atoms with Gasteiger partial charge in [-0.05, 0) is 215 Å². The fourth-order valence-electron chi connectivity index (χ4n) is 16.2. The zero-order valence-electron chi connectivity index (χ0n) is 63.2. The molecule has 1 atom stereocenters. The van der Waals surface area contributed by atoms with Gasteiger partial charge in [-0.1, -0.05) is 251 Å². The van der Waals surface area contributed by atoms with E-state index in [1.807, 2.05) is 0 Å². The smallest absolute Gasteiger partial charge is 0.252 e. The van der Waals surface area contributed by atoms with Gasteiger partial charge in [0.05, 0.1) is 16.9 Å². The Morgan fingerprint density at radius 2 is 0.856 bits per heavy atom. The Morgan fingerprint density at radius 3 is 1.32 bits per heavy atom. The molecule has 14 rings (SSSR count). The number of anilines is 5. The number of hydrogen-bond donors (Lipinski definition) is 0. The van der Waals surface area contributed by atoms with Crippen LogP contribution in [0.1, 0.15) is 224 Å². The molecule has 2 aliphatic carbocycles. The zero-order chi connectivity index (χ0) is 69.6. The predicted octanol–water partition coefficient (Wildman–Crippen LogP) is 23.8. The molecule has 5 heteroatoms. The molecule has 97 heavy (non-hydrogen) atoms. The highest BCUT2D eigenvalue weighted by atomic mass is 15.2. The van der Waals surface area contributed by atoms with E-state index in [0.29, 0.717) is 5.92 Å². The standard InChI is InChI=1S/C92H107BN4/c1-85(2,3)57-28-38-65(39-29-57)94(66-40-30-58(31-41-66)86(4,5)6)77-26-25-27-78(95(67-42-32-59(33-43-67)87(7,8)9)68-44-34-60(35-45-68)88(10,11)12)81(77)56-48-79-82-80(49-56)97-76-47-37-62(90(16,17)18)51-70(76)72-53-64(92(22,23)24)55-74(84(72)97)93(82)73-54-63(91(19,20)21)52-71-69-50-61(89(13,14)15)36-46-75(69)96(79)83(71)73/h25-34,36,38-46,48-55,60H,35,37,47H2,1-24H3. The summed E-state index contributed by atoms with van der Waals surface area (Å²) in [6.45, 7) is 56.9. The van der Waals surface area contributed by atoms with Gasteiger partial charge in [0.15, 0.2) is 0 Å². The minimum atomic E-state index is -0.111. The average Bonchev–Trinajstić information content (AvgIpc) is 1.55. The molecule has 0 fully saturated rings. The largest absolute Gasteiger partial charge is 0.314 e. The first-order chi connectivity index (χ1) is 45.2. The van der Waals surface area contributed by atoms with Crippen LogP contribution in [0.25, 0.3) is 61.3 Å². The van der Waals surface area contributed by atoms with E-state index in [1.54, 1.807) is 0 Å². The molecule has 2 aromatic heterocycles. The fraction of sp³-hybridized carbons (Fsp3) is 0.391. The molecule has 0 bridgehead atoms. The summed E-state index contributed by atoms with van der Waals surface area (Å²) in [6, 6.07) is 58.9. The zero-order valence-corrected chi connectivity index (χ0v) is 63.2. The maximum atomic E-state index is 2.80. The second-order valence-electron chi connectivity index (χ2n) is 37.6. The third kappa shape index (κ3) is 11.3. The van der Waals surface area contributed by atoms with E-state index in [1.165, 1.54) is 128 Å². The van der Waals surface area contributed by atoms with Crippen LogP contribution < -0.4 is 26.2 Å². The second-order valence-corrected chi connectivity index (χ2v) is 37.6. The van der Waals surface area contributed by atoms with Gasteiger partial charge in [-0.3, -0.25) is 0 Å².